The van der Waals surface area contributed by atoms with Crippen LogP contribution in [0.25, 0.3) is 0 Å². The molecule has 0 bridgehead atoms. The summed E-state index contributed by atoms with van der Waals surface area (Å²) in [5.41, 5.74) is 2.86. The second kappa shape index (κ2) is 3.83. The van der Waals surface area contributed by atoms with Crippen LogP contribution in [-0.2, 0) is 4.74 Å². The Balaban J connectivity index is 2.49. The van der Waals surface area contributed by atoms with Gasteiger partial charge in [0.25, 0.3) is 0 Å². The normalized spacial score (nSPS) is 13.8. The Hall–Kier alpha value is -0.410. The molecule has 0 saturated heterocycles. The fourth-order valence-electron chi connectivity index (χ4n) is 0.901. The van der Waals surface area contributed by atoms with Gasteiger partial charge in [-0.3, -0.25) is 0 Å². The fraction of sp³-hybridized carbons (Fsp3) is 0.625. The van der Waals surface area contributed by atoms with E-state index in [1.165, 1.54) is 0 Å². The van der Waals surface area contributed by atoms with Crippen LogP contribution in [0.5, 0.6) is 0 Å². The average Bonchev–Trinajstić information content (AvgIpc) is 2.35. The molecule has 3 heteroatoms. The van der Waals surface area contributed by atoms with Crippen LogP contribution in [-0.4, -0.2) is 11.1 Å². The standard InChI is InChI=1S/C8H13NOS/c1-6(2)10-7(3)8-4-11-5-9-8/h4-7H,1-3H3. The predicted octanol–water partition coefficient (Wildman–Crippen LogP) is 2.63. The van der Waals surface area contributed by atoms with Gasteiger partial charge in [0, 0.05) is 5.38 Å². The minimum atomic E-state index is 0.126. The summed E-state index contributed by atoms with van der Waals surface area (Å²) in [6.45, 7) is 6.08. The highest BCUT2D eigenvalue weighted by molar-refractivity contribution is 7.07. The molecule has 0 aliphatic heterocycles. The van der Waals surface area contributed by atoms with Crippen LogP contribution in [0, 0.1) is 0 Å². The molecule has 0 aliphatic carbocycles. The second-order valence-electron chi connectivity index (χ2n) is 2.74. The van der Waals surface area contributed by atoms with E-state index in [-0.39, 0.29) is 12.2 Å². The van der Waals surface area contributed by atoms with Crippen molar-refractivity contribution in [1.29, 1.82) is 0 Å². The molecule has 0 amide bonds. The monoisotopic (exact) mass is 171 g/mol. The van der Waals surface area contributed by atoms with Gasteiger partial charge in [-0.25, -0.2) is 4.98 Å². The molecule has 0 aliphatic rings. The Labute approximate surface area is 71.2 Å². The third-order valence-corrected chi connectivity index (χ3v) is 1.95. The van der Waals surface area contributed by atoms with Gasteiger partial charge in [0.05, 0.1) is 23.4 Å². The molecular formula is C8H13NOS. The maximum Gasteiger partial charge on any atom is 0.0978 e. The maximum absolute atomic E-state index is 5.54. The van der Waals surface area contributed by atoms with Crippen molar-refractivity contribution in [2.75, 3.05) is 0 Å². The Morgan fingerprint density at radius 2 is 2.18 bits per heavy atom. The van der Waals surface area contributed by atoms with Gasteiger partial charge in [-0.2, -0.15) is 0 Å². The quantitative estimate of drug-likeness (QED) is 0.697. The highest BCUT2D eigenvalue weighted by Crippen LogP contribution is 2.17. The Bertz CT molecular complexity index is 196. The van der Waals surface area contributed by atoms with Gasteiger partial charge in [-0.05, 0) is 20.8 Å². The van der Waals surface area contributed by atoms with Crippen molar-refractivity contribution in [2.24, 2.45) is 0 Å². The van der Waals surface area contributed by atoms with Crippen LogP contribution < -0.4 is 0 Å². The summed E-state index contributed by atoms with van der Waals surface area (Å²) in [5, 5.41) is 2.02. The van der Waals surface area contributed by atoms with Crippen molar-refractivity contribution in [1.82, 2.24) is 4.98 Å². The summed E-state index contributed by atoms with van der Waals surface area (Å²) < 4.78 is 5.54. The van der Waals surface area contributed by atoms with E-state index >= 15 is 0 Å². The van der Waals surface area contributed by atoms with Gasteiger partial charge in [-0.1, -0.05) is 0 Å². The van der Waals surface area contributed by atoms with E-state index in [0.29, 0.717) is 0 Å². The van der Waals surface area contributed by atoms with Crippen molar-refractivity contribution in [3.05, 3.63) is 16.6 Å². The first-order valence-electron chi connectivity index (χ1n) is 3.73. The van der Waals surface area contributed by atoms with Gasteiger partial charge in [-0.15, -0.1) is 11.3 Å². The van der Waals surface area contributed by atoms with E-state index in [9.17, 15) is 0 Å². The van der Waals surface area contributed by atoms with E-state index in [0.717, 1.165) is 5.69 Å². The lowest BCUT2D eigenvalue weighted by Crippen LogP contribution is -2.07. The third kappa shape index (κ3) is 2.60. The van der Waals surface area contributed by atoms with Crippen LogP contribution in [0.2, 0.25) is 0 Å². The van der Waals surface area contributed by atoms with Gasteiger partial charge < -0.3 is 4.74 Å². The van der Waals surface area contributed by atoms with E-state index in [1.54, 1.807) is 11.3 Å². The Kier molecular flexibility index (Phi) is 3.02. The van der Waals surface area contributed by atoms with Crippen LogP contribution in [0.1, 0.15) is 32.6 Å². The topological polar surface area (TPSA) is 22.1 Å². The molecule has 0 aromatic carbocycles. The van der Waals surface area contributed by atoms with Crippen molar-refractivity contribution in [2.45, 2.75) is 33.0 Å². The Morgan fingerprint density at radius 3 is 2.64 bits per heavy atom. The molecule has 1 aromatic heterocycles. The number of rotatable bonds is 3. The van der Waals surface area contributed by atoms with E-state index in [2.05, 4.69) is 4.98 Å². The summed E-state index contributed by atoms with van der Waals surface area (Å²) in [6.07, 6.45) is 0.396. The number of aromatic nitrogens is 1. The molecule has 1 rings (SSSR count). The predicted molar refractivity (Wildman–Crippen MR) is 46.8 cm³/mol. The lowest BCUT2D eigenvalue weighted by molar-refractivity contribution is 0.0158. The molecule has 11 heavy (non-hydrogen) atoms. The molecule has 0 fully saturated rings. The smallest absolute Gasteiger partial charge is 0.0978 e. The molecule has 1 aromatic rings. The molecule has 1 unspecified atom stereocenters. The average molecular weight is 171 g/mol. The second-order valence-corrected chi connectivity index (χ2v) is 3.46. The molecule has 0 saturated carbocycles. The van der Waals surface area contributed by atoms with Crippen molar-refractivity contribution in [3.8, 4) is 0 Å². The summed E-state index contributed by atoms with van der Waals surface area (Å²) in [5.74, 6) is 0. The van der Waals surface area contributed by atoms with Gasteiger partial charge in [0.2, 0.25) is 0 Å². The van der Waals surface area contributed by atoms with Crippen molar-refractivity contribution in [3.63, 3.8) is 0 Å². The summed E-state index contributed by atoms with van der Waals surface area (Å²) in [4.78, 5) is 4.16. The first kappa shape index (κ1) is 8.68. The SMILES string of the molecule is CC(C)OC(C)c1cscn1. The lowest BCUT2D eigenvalue weighted by Gasteiger charge is -2.13. The largest absolute Gasteiger partial charge is 0.370 e. The number of ether oxygens (including phenoxy) is 1. The molecule has 0 radical (unpaired) electrons. The van der Waals surface area contributed by atoms with Crippen LogP contribution in [0.3, 0.4) is 0 Å². The minimum Gasteiger partial charge on any atom is -0.370 e. The molecule has 1 atom stereocenters. The summed E-state index contributed by atoms with van der Waals surface area (Å²) in [6, 6.07) is 0. The van der Waals surface area contributed by atoms with Gasteiger partial charge >= 0.3 is 0 Å². The molecular weight excluding hydrogens is 158 g/mol. The third-order valence-electron chi connectivity index (χ3n) is 1.34. The van der Waals surface area contributed by atoms with E-state index < -0.39 is 0 Å². The maximum atomic E-state index is 5.54. The number of nitrogens with zero attached hydrogens (tertiary/aromatic N) is 1. The zero-order valence-corrected chi connectivity index (χ0v) is 7.89. The van der Waals surface area contributed by atoms with Crippen molar-refractivity contribution >= 4 is 11.3 Å². The fourth-order valence-corrected chi connectivity index (χ4v) is 1.54. The van der Waals surface area contributed by atoms with E-state index in [4.69, 9.17) is 4.74 Å². The minimum absolute atomic E-state index is 0.126. The number of thiazole rings is 1. The highest BCUT2D eigenvalue weighted by Gasteiger charge is 2.08. The first-order valence-corrected chi connectivity index (χ1v) is 4.68. The Morgan fingerprint density at radius 1 is 1.45 bits per heavy atom. The zero-order chi connectivity index (χ0) is 8.27. The van der Waals surface area contributed by atoms with Gasteiger partial charge in [0.1, 0.15) is 0 Å². The van der Waals surface area contributed by atoms with E-state index in [1.807, 2.05) is 31.7 Å². The van der Waals surface area contributed by atoms with Crippen LogP contribution in [0.15, 0.2) is 10.9 Å². The van der Waals surface area contributed by atoms with Crippen LogP contribution in [0.4, 0.5) is 0 Å². The number of hydrogen-bond donors (Lipinski definition) is 0. The highest BCUT2D eigenvalue weighted by atomic mass is 32.1. The lowest BCUT2D eigenvalue weighted by atomic mass is 10.3. The molecule has 0 N–H and O–H groups in total. The molecule has 62 valence electrons. The van der Waals surface area contributed by atoms with Gasteiger partial charge in [0.15, 0.2) is 0 Å². The zero-order valence-electron chi connectivity index (χ0n) is 7.07. The number of hydrogen-bond acceptors (Lipinski definition) is 3. The molecule has 1 heterocycles. The molecule has 2 nitrogen and oxygen atoms in total. The first-order chi connectivity index (χ1) is 5.20. The van der Waals surface area contributed by atoms with Crippen molar-refractivity contribution < 1.29 is 4.74 Å². The molecule has 0 spiro atoms. The summed E-state index contributed by atoms with van der Waals surface area (Å²) >= 11 is 1.60. The van der Waals surface area contributed by atoms with Crippen LogP contribution >= 0.6 is 11.3 Å². The summed E-state index contributed by atoms with van der Waals surface area (Å²) in [7, 11) is 0.